The number of hydrogen-bond acceptors (Lipinski definition) is 2. The van der Waals surface area contributed by atoms with Crippen molar-refractivity contribution >= 4 is 11.0 Å². The molecule has 0 unspecified atom stereocenters. The number of halogens is 1. The third-order valence-corrected chi connectivity index (χ3v) is 3.39. The second-order valence-corrected chi connectivity index (χ2v) is 5.39. The molecule has 0 spiro atoms. The maximum atomic E-state index is 14.2. The smallest absolute Gasteiger partial charge is 0.137 e. The molecule has 2 heterocycles. The number of nitrogens with one attached hydrogen (secondary N) is 1. The predicted molar refractivity (Wildman–Crippen MR) is 76.7 cm³/mol. The van der Waals surface area contributed by atoms with Crippen LogP contribution in [0.25, 0.3) is 22.2 Å². The van der Waals surface area contributed by atoms with Crippen molar-refractivity contribution in [2.75, 3.05) is 0 Å². The summed E-state index contributed by atoms with van der Waals surface area (Å²) in [6, 6.07) is 8.57. The highest BCUT2D eigenvalue weighted by atomic mass is 19.1. The Balaban J connectivity index is 2.09. The van der Waals surface area contributed by atoms with Crippen LogP contribution < -0.4 is 0 Å². The van der Waals surface area contributed by atoms with Crippen LogP contribution in [0.15, 0.2) is 42.7 Å². The summed E-state index contributed by atoms with van der Waals surface area (Å²) in [7, 11) is 0. The van der Waals surface area contributed by atoms with Crippen molar-refractivity contribution in [1.29, 1.82) is 0 Å². The van der Waals surface area contributed by atoms with Gasteiger partial charge < -0.3 is 10.1 Å². The van der Waals surface area contributed by atoms with Gasteiger partial charge in [-0.1, -0.05) is 12.1 Å². The molecular formula is C16H15FN2O. The van der Waals surface area contributed by atoms with E-state index in [-0.39, 0.29) is 5.82 Å². The zero-order chi connectivity index (χ0) is 14.3. The van der Waals surface area contributed by atoms with Crippen LogP contribution >= 0.6 is 0 Å². The summed E-state index contributed by atoms with van der Waals surface area (Å²) in [5.74, 6) is -0.360. The first-order valence-electron chi connectivity index (χ1n) is 6.41. The van der Waals surface area contributed by atoms with Crippen molar-refractivity contribution in [3.63, 3.8) is 0 Å². The molecule has 0 aliphatic heterocycles. The van der Waals surface area contributed by atoms with Crippen LogP contribution in [0.3, 0.4) is 0 Å². The summed E-state index contributed by atoms with van der Waals surface area (Å²) < 4.78 is 14.2. The highest BCUT2D eigenvalue weighted by molar-refractivity contribution is 5.81. The van der Waals surface area contributed by atoms with Gasteiger partial charge in [0, 0.05) is 28.9 Å². The molecule has 0 saturated carbocycles. The first-order chi connectivity index (χ1) is 9.45. The fourth-order valence-corrected chi connectivity index (χ4v) is 2.22. The molecule has 2 N–H and O–H groups in total. The maximum absolute atomic E-state index is 14.2. The number of fused-ring (bicyclic) bond motifs is 1. The van der Waals surface area contributed by atoms with Crippen LogP contribution in [0.1, 0.15) is 19.4 Å². The van der Waals surface area contributed by atoms with Crippen molar-refractivity contribution in [3.8, 4) is 11.1 Å². The normalized spacial score (nSPS) is 12.0. The van der Waals surface area contributed by atoms with E-state index in [1.54, 1.807) is 38.4 Å². The Morgan fingerprint density at radius 2 is 2.00 bits per heavy atom. The standard InChI is InChI=1S/C16H15FN2O/c1-16(2,20)12-3-4-13(14(17)8-12)11-7-10-5-6-18-15(10)19-9-11/h3-9,20H,1-2H3,(H,18,19). The molecule has 1 aromatic carbocycles. The highest BCUT2D eigenvalue weighted by Crippen LogP contribution is 2.28. The SMILES string of the molecule is CC(C)(O)c1ccc(-c2cnc3[nH]ccc3c2)c(F)c1. The molecule has 3 aromatic rings. The largest absolute Gasteiger partial charge is 0.386 e. The second-order valence-electron chi connectivity index (χ2n) is 5.39. The number of nitrogens with zero attached hydrogens (tertiary/aromatic N) is 1. The third kappa shape index (κ3) is 2.18. The van der Waals surface area contributed by atoms with Gasteiger partial charge in [0.15, 0.2) is 0 Å². The summed E-state index contributed by atoms with van der Waals surface area (Å²) in [5, 5.41) is 10.8. The molecule has 0 fully saturated rings. The summed E-state index contributed by atoms with van der Waals surface area (Å²) in [4.78, 5) is 7.26. The number of pyridine rings is 1. The van der Waals surface area contributed by atoms with Gasteiger partial charge in [0.05, 0.1) is 5.60 Å². The zero-order valence-corrected chi connectivity index (χ0v) is 11.3. The first-order valence-corrected chi connectivity index (χ1v) is 6.41. The average Bonchev–Trinajstić information content (AvgIpc) is 2.84. The number of benzene rings is 1. The molecule has 0 saturated heterocycles. The molecule has 4 heteroatoms. The Morgan fingerprint density at radius 1 is 1.20 bits per heavy atom. The van der Waals surface area contributed by atoms with E-state index in [2.05, 4.69) is 9.97 Å². The molecule has 2 aromatic heterocycles. The van der Waals surface area contributed by atoms with Gasteiger partial charge in [0.2, 0.25) is 0 Å². The molecule has 20 heavy (non-hydrogen) atoms. The zero-order valence-electron chi connectivity index (χ0n) is 11.3. The Kier molecular flexibility index (Phi) is 2.83. The number of H-pyrrole nitrogens is 1. The van der Waals surface area contributed by atoms with Crippen molar-refractivity contribution in [1.82, 2.24) is 9.97 Å². The average molecular weight is 270 g/mol. The molecule has 3 nitrogen and oxygen atoms in total. The molecule has 0 radical (unpaired) electrons. The van der Waals surface area contributed by atoms with E-state index in [1.165, 1.54) is 6.07 Å². The molecule has 0 atom stereocenters. The van der Waals surface area contributed by atoms with Crippen LogP contribution in [-0.2, 0) is 5.60 Å². The Hall–Kier alpha value is -2.20. The maximum Gasteiger partial charge on any atom is 0.137 e. The van der Waals surface area contributed by atoms with E-state index in [9.17, 15) is 9.50 Å². The Bertz CT molecular complexity index is 771. The minimum absolute atomic E-state index is 0.360. The molecule has 0 aliphatic carbocycles. The summed E-state index contributed by atoms with van der Waals surface area (Å²) in [6.45, 7) is 3.27. The minimum atomic E-state index is -1.05. The lowest BCUT2D eigenvalue weighted by atomic mass is 9.95. The van der Waals surface area contributed by atoms with E-state index in [1.807, 2.05) is 12.1 Å². The van der Waals surface area contributed by atoms with E-state index < -0.39 is 5.60 Å². The lowest BCUT2D eigenvalue weighted by Gasteiger charge is -2.18. The highest BCUT2D eigenvalue weighted by Gasteiger charge is 2.18. The van der Waals surface area contributed by atoms with Crippen LogP contribution in [-0.4, -0.2) is 15.1 Å². The van der Waals surface area contributed by atoms with Crippen molar-refractivity contribution in [2.45, 2.75) is 19.4 Å². The quantitative estimate of drug-likeness (QED) is 0.747. The summed E-state index contributed by atoms with van der Waals surface area (Å²) in [6.07, 6.45) is 3.44. The van der Waals surface area contributed by atoms with Gasteiger partial charge >= 0.3 is 0 Å². The van der Waals surface area contributed by atoms with Crippen LogP contribution in [0.2, 0.25) is 0 Å². The van der Waals surface area contributed by atoms with Crippen molar-refractivity contribution in [3.05, 3.63) is 54.1 Å². The van der Waals surface area contributed by atoms with Crippen molar-refractivity contribution in [2.24, 2.45) is 0 Å². The van der Waals surface area contributed by atoms with Crippen LogP contribution in [0.4, 0.5) is 4.39 Å². The number of aromatic nitrogens is 2. The van der Waals surface area contributed by atoms with Gasteiger partial charge in [-0.25, -0.2) is 9.37 Å². The predicted octanol–water partition coefficient (Wildman–Crippen LogP) is 3.60. The number of aliphatic hydroxyl groups is 1. The summed E-state index contributed by atoms with van der Waals surface area (Å²) >= 11 is 0. The molecule has 0 aliphatic rings. The summed E-state index contributed by atoms with van der Waals surface area (Å²) in [5.41, 5.74) is 1.48. The third-order valence-electron chi connectivity index (χ3n) is 3.39. The Labute approximate surface area is 116 Å². The van der Waals surface area contributed by atoms with E-state index in [0.29, 0.717) is 11.1 Å². The van der Waals surface area contributed by atoms with Gasteiger partial charge in [-0.05, 0) is 37.6 Å². The fraction of sp³-hybridized carbons (Fsp3) is 0.188. The van der Waals surface area contributed by atoms with Crippen LogP contribution in [0, 0.1) is 5.82 Å². The van der Waals surface area contributed by atoms with Gasteiger partial charge in [-0.2, -0.15) is 0 Å². The lowest BCUT2D eigenvalue weighted by molar-refractivity contribution is 0.0782. The molecular weight excluding hydrogens is 255 g/mol. The number of rotatable bonds is 2. The van der Waals surface area contributed by atoms with Gasteiger partial charge in [0.25, 0.3) is 0 Å². The monoisotopic (exact) mass is 270 g/mol. The van der Waals surface area contributed by atoms with E-state index in [4.69, 9.17) is 0 Å². The molecule has 0 amide bonds. The fourth-order valence-electron chi connectivity index (χ4n) is 2.22. The lowest BCUT2D eigenvalue weighted by Crippen LogP contribution is -2.15. The molecule has 0 bridgehead atoms. The number of hydrogen-bond donors (Lipinski definition) is 2. The van der Waals surface area contributed by atoms with Gasteiger partial charge in [-0.15, -0.1) is 0 Å². The van der Waals surface area contributed by atoms with E-state index in [0.717, 1.165) is 16.6 Å². The topological polar surface area (TPSA) is 48.9 Å². The minimum Gasteiger partial charge on any atom is -0.386 e. The second kappa shape index (κ2) is 4.42. The Morgan fingerprint density at radius 3 is 2.70 bits per heavy atom. The molecule has 3 rings (SSSR count). The van der Waals surface area contributed by atoms with Crippen LogP contribution in [0.5, 0.6) is 0 Å². The first kappa shape index (κ1) is 12.8. The van der Waals surface area contributed by atoms with Gasteiger partial charge in [0.1, 0.15) is 11.5 Å². The van der Waals surface area contributed by atoms with Crippen molar-refractivity contribution < 1.29 is 9.50 Å². The van der Waals surface area contributed by atoms with Gasteiger partial charge in [-0.3, -0.25) is 0 Å². The molecule has 102 valence electrons. The van der Waals surface area contributed by atoms with E-state index >= 15 is 0 Å². The number of aromatic amines is 1.